The first kappa shape index (κ1) is 18.9. The molecule has 2 aromatic carbocycles. The van der Waals surface area contributed by atoms with Gasteiger partial charge in [0.25, 0.3) is 0 Å². The lowest BCUT2D eigenvalue weighted by Crippen LogP contribution is -2.07. The van der Waals surface area contributed by atoms with Gasteiger partial charge in [0.05, 0.1) is 23.7 Å². The Bertz CT molecular complexity index is 594. The van der Waals surface area contributed by atoms with Gasteiger partial charge in [-0.3, -0.25) is 0 Å². The molecule has 3 rings (SSSR count). The number of para-hydroxylation sites is 1. The Balaban J connectivity index is 0.000000194. The Kier molecular flexibility index (Phi) is 9.34. The van der Waals surface area contributed by atoms with Gasteiger partial charge in [0.2, 0.25) is 0 Å². The fourth-order valence-electron chi connectivity index (χ4n) is 1.57. The van der Waals surface area contributed by atoms with Crippen LogP contribution in [0.5, 0.6) is 5.75 Å². The topological polar surface area (TPSA) is 105 Å². The Morgan fingerprint density at radius 2 is 1.61 bits per heavy atom. The highest BCUT2D eigenvalue weighted by Gasteiger charge is 2.08. The molecule has 6 nitrogen and oxygen atoms in total. The smallest absolute Gasteiger partial charge is 0.146 e. The van der Waals surface area contributed by atoms with Crippen LogP contribution in [-0.4, -0.2) is 19.9 Å². The first-order valence-corrected chi connectivity index (χ1v) is 7.73. The predicted octanol–water partition coefficient (Wildman–Crippen LogP) is 2.73. The van der Waals surface area contributed by atoms with Crippen molar-refractivity contribution >= 4 is 17.4 Å². The average molecular weight is 336 g/mol. The molecule has 2 aromatic rings. The molecule has 0 bridgehead atoms. The number of rotatable bonds is 2. The summed E-state index contributed by atoms with van der Waals surface area (Å²) in [5, 5.41) is 0. The molecule has 0 saturated carbocycles. The van der Waals surface area contributed by atoms with E-state index in [1.54, 1.807) is 12.1 Å². The Morgan fingerprint density at radius 3 is 1.96 bits per heavy atom. The van der Waals surface area contributed by atoms with Gasteiger partial charge < -0.3 is 18.7 Å². The molecule has 1 aliphatic rings. The summed E-state index contributed by atoms with van der Waals surface area (Å²) in [7, 11) is 0. The third-order valence-electron chi connectivity index (χ3n) is 2.64. The summed E-state index contributed by atoms with van der Waals surface area (Å²) < 4.78 is 29.3. The summed E-state index contributed by atoms with van der Waals surface area (Å²) in [4.78, 5) is 4.41. The normalized spacial score (nSPS) is 14.8. The van der Waals surface area contributed by atoms with E-state index in [0.29, 0.717) is 5.75 Å². The zero-order chi connectivity index (χ0) is 16.9. The van der Waals surface area contributed by atoms with Crippen LogP contribution in [0.15, 0.2) is 66.4 Å². The molecule has 1 fully saturated rings. The van der Waals surface area contributed by atoms with Gasteiger partial charge in [0.1, 0.15) is 5.75 Å². The number of hydrogen-bond acceptors (Lipinski definition) is 5. The van der Waals surface area contributed by atoms with Gasteiger partial charge in [-0.1, -0.05) is 48.5 Å². The zero-order valence-electron chi connectivity index (χ0n) is 12.3. The minimum atomic E-state index is -2.86. The van der Waals surface area contributed by atoms with Crippen molar-refractivity contribution in [2.24, 2.45) is 5.90 Å². The molecular weight excluding hydrogens is 318 g/mol. The Morgan fingerprint density at radius 1 is 1.13 bits per heavy atom. The minimum absolute atomic E-state index is 0.688. The van der Waals surface area contributed by atoms with E-state index in [1.165, 1.54) is 5.56 Å². The van der Waals surface area contributed by atoms with Gasteiger partial charge in [0, 0.05) is 6.42 Å². The zero-order valence-corrected chi connectivity index (χ0v) is 13.1. The molecule has 3 N–H and O–H groups in total. The van der Waals surface area contributed by atoms with E-state index < -0.39 is 11.4 Å². The van der Waals surface area contributed by atoms with Crippen LogP contribution in [0, 0.1) is 0 Å². The number of hydrogen-bond donors (Lipinski definition) is 2. The standard InChI is InChI=1S/C10H10O.C6H7NO.H2O3S/c1-2-4-9(5-3-1)8-10-6-7-11-10;7-8-6-4-2-1-3-5-6;1-4(2)3/h1-5,8H,6-7H2;1-5H,7H2;(H2,1,2,3)/p-1. The van der Waals surface area contributed by atoms with E-state index in [2.05, 4.69) is 23.0 Å². The second-order valence-corrected chi connectivity index (χ2v) is 4.70. The molecule has 7 heteroatoms. The van der Waals surface area contributed by atoms with Crippen molar-refractivity contribution in [3.8, 4) is 5.75 Å². The second kappa shape index (κ2) is 11.4. The quantitative estimate of drug-likeness (QED) is 0.645. The highest BCUT2D eigenvalue weighted by molar-refractivity contribution is 7.73. The molecule has 23 heavy (non-hydrogen) atoms. The first-order valence-electron chi connectivity index (χ1n) is 6.70. The van der Waals surface area contributed by atoms with E-state index >= 15 is 0 Å². The highest BCUT2D eigenvalue weighted by Crippen LogP contribution is 2.18. The number of ether oxygens (including phenoxy) is 1. The number of benzene rings is 2. The molecule has 1 saturated heterocycles. The molecule has 0 spiro atoms. The lowest BCUT2D eigenvalue weighted by atomic mass is 10.1. The largest absolute Gasteiger partial charge is 0.750 e. The Labute approximate surface area is 137 Å². The molecule has 1 unspecified atom stereocenters. The van der Waals surface area contributed by atoms with Crippen molar-refractivity contribution in [3.63, 3.8) is 0 Å². The van der Waals surface area contributed by atoms with Crippen molar-refractivity contribution in [1.82, 2.24) is 0 Å². The highest BCUT2D eigenvalue weighted by atomic mass is 32.2. The molecule has 0 radical (unpaired) electrons. The lowest BCUT2D eigenvalue weighted by Gasteiger charge is -2.18. The first-order chi connectivity index (χ1) is 11.1. The van der Waals surface area contributed by atoms with Crippen LogP contribution in [-0.2, 0) is 16.1 Å². The maximum Gasteiger partial charge on any atom is 0.146 e. The molecule has 124 valence electrons. The fourth-order valence-corrected chi connectivity index (χ4v) is 1.57. The summed E-state index contributed by atoms with van der Waals surface area (Å²) in [6.45, 7) is 0.888. The Hall–Kier alpha value is -2.19. The van der Waals surface area contributed by atoms with Crippen LogP contribution >= 0.6 is 0 Å². The summed E-state index contributed by atoms with van der Waals surface area (Å²) in [5.74, 6) is 6.64. The van der Waals surface area contributed by atoms with E-state index in [-0.39, 0.29) is 0 Å². The van der Waals surface area contributed by atoms with E-state index in [0.717, 1.165) is 18.8 Å². The van der Waals surface area contributed by atoms with E-state index in [1.807, 2.05) is 36.4 Å². The summed E-state index contributed by atoms with van der Waals surface area (Å²) in [6, 6.07) is 19.5. The third kappa shape index (κ3) is 9.43. The predicted molar refractivity (Wildman–Crippen MR) is 87.8 cm³/mol. The van der Waals surface area contributed by atoms with Crippen LogP contribution in [0.25, 0.3) is 6.08 Å². The summed E-state index contributed by atoms with van der Waals surface area (Å²) in [5.41, 5.74) is 1.22. The van der Waals surface area contributed by atoms with Crippen molar-refractivity contribution in [2.75, 3.05) is 6.61 Å². The monoisotopic (exact) mass is 336 g/mol. The van der Waals surface area contributed by atoms with Crippen LogP contribution in [0.3, 0.4) is 0 Å². The average Bonchev–Trinajstić information content (AvgIpc) is 2.53. The van der Waals surface area contributed by atoms with Crippen molar-refractivity contribution < 1.29 is 22.9 Å². The molecular formula is C16H18NO5S-. The van der Waals surface area contributed by atoms with Gasteiger partial charge in [-0.15, -0.1) is 0 Å². The van der Waals surface area contributed by atoms with Gasteiger partial charge in [0.15, 0.2) is 0 Å². The van der Waals surface area contributed by atoms with Crippen molar-refractivity contribution in [3.05, 3.63) is 72.0 Å². The maximum absolute atomic E-state index is 8.56. The minimum Gasteiger partial charge on any atom is -0.750 e. The van der Waals surface area contributed by atoms with E-state index in [9.17, 15) is 0 Å². The van der Waals surface area contributed by atoms with Gasteiger partial charge in [-0.2, -0.15) is 5.90 Å². The molecule has 0 aliphatic carbocycles. The summed E-state index contributed by atoms with van der Waals surface area (Å²) in [6.07, 6.45) is 3.18. The van der Waals surface area contributed by atoms with Crippen molar-refractivity contribution in [1.29, 1.82) is 0 Å². The lowest BCUT2D eigenvalue weighted by molar-refractivity contribution is 0.122. The van der Waals surface area contributed by atoms with Crippen LogP contribution in [0.2, 0.25) is 0 Å². The van der Waals surface area contributed by atoms with Crippen LogP contribution < -0.4 is 10.7 Å². The third-order valence-corrected chi connectivity index (χ3v) is 2.64. The van der Waals surface area contributed by atoms with Gasteiger partial charge in [-0.25, -0.2) is 4.21 Å². The van der Waals surface area contributed by atoms with Gasteiger partial charge >= 0.3 is 0 Å². The number of nitrogens with two attached hydrogens (primary N) is 1. The molecule has 1 heterocycles. The van der Waals surface area contributed by atoms with Gasteiger partial charge in [-0.05, 0) is 23.8 Å². The molecule has 0 aromatic heterocycles. The van der Waals surface area contributed by atoms with Crippen molar-refractivity contribution in [2.45, 2.75) is 6.42 Å². The van der Waals surface area contributed by atoms with E-state index in [4.69, 9.17) is 23.9 Å². The maximum atomic E-state index is 8.56. The second-order valence-electron chi connectivity index (χ2n) is 4.27. The molecule has 1 aliphatic heterocycles. The summed E-state index contributed by atoms with van der Waals surface area (Å²) >= 11 is -2.86. The molecule has 1 atom stereocenters. The fraction of sp³-hybridized carbons (Fsp3) is 0.125. The SMILES string of the molecule is C(=C1CCO1)c1ccccc1.NOc1ccccc1.O=S([O-])O. The van der Waals surface area contributed by atoms with Crippen LogP contribution in [0.4, 0.5) is 0 Å². The van der Waals surface area contributed by atoms with Crippen LogP contribution in [0.1, 0.15) is 12.0 Å². The molecule has 0 amide bonds.